The molecule has 7 heteroatoms. The first kappa shape index (κ1) is 16.1. The van der Waals surface area contributed by atoms with Crippen molar-refractivity contribution in [2.24, 2.45) is 0 Å². The Labute approximate surface area is 118 Å². The van der Waals surface area contributed by atoms with Crippen LogP contribution in [0.5, 0.6) is 5.88 Å². The van der Waals surface area contributed by atoms with Crippen LogP contribution in [0.3, 0.4) is 0 Å². The lowest BCUT2D eigenvalue weighted by molar-refractivity contribution is -0.385. The SMILES string of the molecule is CCCOc1nc(CC)nc(NC(C)(C)C)c1[N+](=O)[O-]. The third kappa shape index (κ3) is 4.32. The Kier molecular flexibility index (Phi) is 5.24. The van der Waals surface area contributed by atoms with Gasteiger partial charge in [-0.2, -0.15) is 4.98 Å². The van der Waals surface area contributed by atoms with E-state index in [0.717, 1.165) is 6.42 Å². The van der Waals surface area contributed by atoms with Gasteiger partial charge >= 0.3 is 5.69 Å². The molecule has 0 saturated carbocycles. The maximum absolute atomic E-state index is 11.3. The van der Waals surface area contributed by atoms with Crippen LogP contribution in [0.15, 0.2) is 0 Å². The second-order valence-electron chi connectivity index (χ2n) is 5.48. The van der Waals surface area contributed by atoms with Crippen molar-refractivity contribution in [3.63, 3.8) is 0 Å². The van der Waals surface area contributed by atoms with E-state index < -0.39 is 4.92 Å². The topological polar surface area (TPSA) is 90.2 Å². The summed E-state index contributed by atoms with van der Waals surface area (Å²) in [6.07, 6.45) is 1.34. The quantitative estimate of drug-likeness (QED) is 0.637. The summed E-state index contributed by atoms with van der Waals surface area (Å²) in [4.78, 5) is 19.1. The molecule has 0 amide bonds. The molecule has 0 spiro atoms. The van der Waals surface area contributed by atoms with Gasteiger partial charge in [0.1, 0.15) is 5.82 Å². The van der Waals surface area contributed by atoms with Crippen LogP contribution in [0.2, 0.25) is 0 Å². The van der Waals surface area contributed by atoms with Crippen molar-refractivity contribution in [1.82, 2.24) is 9.97 Å². The maximum Gasteiger partial charge on any atom is 0.372 e. The Morgan fingerprint density at radius 1 is 1.30 bits per heavy atom. The smallest absolute Gasteiger partial charge is 0.372 e. The molecule has 0 aliphatic heterocycles. The number of anilines is 1. The lowest BCUT2D eigenvalue weighted by atomic mass is 10.1. The summed E-state index contributed by atoms with van der Waals surface area (Å²) in [5, 5.41) is 14.3. The summed E-state index contributed by atoms with van der Waals surface area (Å²) in [6.45, 7) is 9.95. The first-order valence-corrected chi connectivity index (χ1v) is 6.74. The molecule has 1 aromatic rings. The van der Waals surface area contributed by atoms with Gasteiger partial charge in [-0.1, -0.05) is 13.8 Å². The number of ether oxygens (including phenoxy) is 1. The lowest BCUT2D eigenvalue weighted by Gasteiger charge is -2.21. The van der Waals surface area contributed by atoms with Gasteiger partial charge in [0.25, 0.3) is 5.88 Å². The van der Waals surface area contributed by atoms with Crippen molar-refractivity contribution in [1.29, 1.82) is 0 Å². The predicted octanol–water partition coefficient (Wildman–Crippen LogP) is 2.95. The maximum atomic E-state index is 11.3. The first-order chi connectivity index (χ1) is 9.28. The van der Waals surface area contributed by atoms with E-state index in [9.17, 15) is 10.1 Å². The molecule has 0 aliphatic carbocycles. The Balaban J connectivity index is 3.33. The monoisotopic (exact) mass is 282 g/mol. The van der Waals surface area contributed by atoms with Crippen LogP contribution in [0.4, 0.5) is 11.5 Å². The van der Waals surface area contributed by atoms with Gasteiger partial charge in [-0.3, -0.25) is 10.1 Å². The van der Waals surface area contributed by atoms with Crippen LogP contribution in [-0.4, -0.2) is 27.0 Å². The highest BCUT2D eigenvalue weighted by Crippen LogP contribution is 2.33. The number of rotatable bonds is 6. The zero-order chi connectivity index (χ0) is 15.3. The molecule has 1 N–H and O–H groups in total. The van der Waals surface area contributed by atoms with Crippen molar-refractivity contribution in [2.75, 3.05) is 11.9 Å². The minimum atomic E-state index is -0.501. The average molecular weight is 282 g/mol. The van der Waals surface area contributed by atoms with Gasteiger partial charge in [-0.15, -0.1) is 0 Å². The fourth-order valence-corrected chi connectivity index (χ4v) is 1.54. The Bertz CT molecular complexity index is 483. The van der Waals surface area contributed by atoms with E-state index >= 15 is 0 Å². The highest BCUT2D eigenvalue weighted by atomic mass is 16.6. The lowest BCUT2D eigenvalue weighted by Crippen LogP contribution is -2.27. The van der Waals surface area contributed by atoms with Gasteiger partial charge in [-0.25, -0.2) is 4.98 Å². The minimum Gasteiger partial charge on any atom is -0.473 e. The molecule has 0 unspecified atom stereocenters. The molecule has 0 saturated heterocycles. The second kappa shape index (κ2) is 6.49. The van der Waals surface area contributed by atoms with E-state index in [1.165, 1.54) is 0 Å². The van der Waals surface area contributed by atoms with E-state index in [0.29, 0.717) is 18.9 Å². The molecule has 0 aliphatic rings. The standard InChI is InChI=1S/C13H22N4O3/c1-6-8-20-12-10(17(18)19)11(16-13(3,4)5)14-9(7-2)15-12/h6-8H2,1-5H3,(H,14,15,16). The van der Waals surface area contributed by atoms with Crippen molar-refractivity contribution in [3.05, 3.63) is 15.9 Å². The molecule has 0 atom stereocenters. The number of nitro groups is 1. The summed E-state index contributed by atoms with van der Waals surface area (Å²) >= 11 is 0. The summed E-state index contributed by atoms with van der Waals surface area (Å²) in [5.74, 6) is 0.768. The van der Waals surface area contributed by atoms with Crippen molar-refractivity contribution < 1.29 is 9.66 Å². The largest absolute Gasteiger partial charge is 0.473 e. The normalized spacial score (nSPS) is 11.2. The fourth-order valence-electron chi connectivity index (χ4n) is 1.54. The number of aryl methyl sites for hydroxylation is 1. The number of hydrogen-bond acceptors (Lipinski definition) is 6. The zero-order valence-corrected chi connectivity index (χ0v) is 12.7. The zero-order valence-electron chi connectivity index (χ0n) is 12.7. The molecular weight excluding hydrogens is 260 g/mol. The summed E-state index contributed by atoms with van der Waals surface area (Å²) in [6, 6.07) is 0. The van der Waals surface area contributed by atoms with Crippen molar-refractivity contribution in [2.45, 2.75) is 53.0 Å². The van der Waals surface area contributed by atoms with Gasteiger partial charge in [0, 0.05) is 12.0 Å². The van der Waals surface area contributed by atoms with E-state index in [-0.39, 0.29) is 22.9 Å². The fraction of sp³-hybridized carbons (Fsp3) is 0.692. The van der Waals surface area contributed by atoms with Crippen LogP contribution in [-0.2, 0) is 6.42 Å². The highest BCUT2D eigenvalue weighted by Gasteiger charge is 2.28. The average Bonchev–Trinajstić information content (AvgIpc) is 2.33. The molecule has 20 heavy (non-hydrogen) atoms. The number of aromatic nitrogens is 2. The van der Waals surface area contributed by atoms with Gasteiger partial charge in [0.15, 0.2) is 0 Å². The molecule has 7 nitrogen and oxygen atoms in total. The van der Waals surface area contributed by atoms with Crippen LogP contribution < -0.4 is 10.1 Å². The molecule has 0 fully saturated rings. The summed E-state index contributed by atoms with van der Waals surface area (Å²) in [5.41, 5.74) is -0.544. The van der Waals surface area contributed by atoms with Gasteiger partial charge in [-0.05, 0) is 27.2 Å². The summed E-state index contributed by atoms with van der Waals surface area (Å²) < 4.78 is 5.41. The highest BCUT2D eigenvalue weighted by molar-refractivity contribution is 5.62. The van der Waals surface area contributed by atoms with Gasteiger partial charge in [0.2, 0.25) is 5.82 Å². The predicted molar refractivity (Wildman–Crippen MR) is 77.2 cm³/mol. The number of nitrogens with zero attached hydrogens (tertiary/aromatic N) is 3. The van der Waals surface area contributed by atoms with E-state index in [4.69, 9.17) is 4.74 Å². The Hall–Kier alpha value is -1.92. The van der Waals surface area contributed by atoms with Crippen molar-refractivity contribution in [3.8, 4) is 5.88 Å². The molecule has 1 rings (SSSR count). The van der Waals surface area contributed by atoms with Crippen molar-refractivity contribution >= 4 is 11.5 Å². The molecule has 0 aromatic carbocycles. The molecule has 0 radical (unpaired) electrons. The van der Waals surface area contributed by atoms with Gasteiger partial charge in [0.05, 0.1) is 11.5 Å². The summed E-state index contributed by atoms with van der Waals surface area (Å²) in [7, 11) is 0. The minimum absolute atomic E-state index is 0.0375. The van der Waals surface area contributed by atoms with E-state index in [2.05, 4.69) is 15.3 Å². The first-order valence-electron chi connectivity index (χ1n) is 6.74. The van der Waals surface area contributed by atoms with Crippen LogP contribution >= 0.6 is 0 Å². The third-order valence-electron chi connectivity index (χ3n) is 2.33. The molecule has 1 heterocycles. The van der Waals surface area contributed by atoms with Crippen LogP contribution in [0.1, 0.15) is 46.9 Å². The van der Waals surface area contributed by atoms with Gasteiger partial charge < -0.3 is 10.1 Å². The number of nitrogens with one attached hydrogen (secondary N) is 1. The van der Waals surface area contributed by atoms with Crippen LogP contribution in [0, 0.1) is 10.1 Å². The molecular formula is C13H22N4O3. The Morgan fingerprint density at radius 2 is 1.95 bits per heavy atom. The molecule has 1 aromatic heterocycles. The third-order valence-corrected chi connectivity index (χ3v) is 2.33. The second-order valence-corrected chi connectivity index (χ2v) is 5.48. The number of hydrogen-bond donors (Lipinski definition) is 1. The van der Waals surface area contributed by atoms with E-state index in [1.807, 2.05) is 34.6 Å². The van der Waals surface area contributed by atoms with Crippen LogP contribution in [0.25, 0.3) is 0 Å². The van der Waals surface area contributed by atoms with E-state index in [1.54, 1.807) is 0 Å². The molecule has 112 valence electrons. The molecule has 0 bridgehead atoms. The Morgan fingerprint density at radius 3 is 2.40 bits per heavy atom.